The molecule has 0 saturated heterocycles. The van der Waals surface area contributed by atoms with E-state index in [0.717, 1.165) is 16.7 Å². The van der Waals surface area contributed by atoms with Crippen molar-refractivity contribution >= 4 is 21.4 Å². The summed E-state index contributed by atoms with van der Waals surface area (Å²) in [4.78, 5) is 14.0. The second-order valence-electron chi connectivity index (χ2n) is 5.94. The molecule has 2 aromatic rings. The molecule has 128 valence electrons. The average Bonchev–Trinajstić information content (AvgIpc) is 2.52. The zero-order valence-electron chi connectivity index (χ0n) is 14.3. The number of rotatable bonds is 6. The summed E-state index contributed by atoms with van der Waals surface area (Å²) in [7, 11) is -3.53. The molecule has 0 spiro atoms. The highest BCUT2D eigenvalue weighted by molar-refractivity contribution is 7.91. The van der Waals surface area contributed by atoms with E-state index in [2.05, 4.69) is 0 Å². The van der Waals surface area contributed by atoms with Crippen LogP contribution in [0.5, 0.6) is 0 Å². The van der Waals surface area contributed by atoms with Crippen LogP contribution in [0.25, 0.3) is 0 Å². The molecule has 24 heavy (non-hydrogen) atoms. The van der Waals surface area contributed by atoms with Crippen molar-refractivity contribution in [1.29, 1.82) is 0 Å². The van der Waals surface area contributed by atoms with Crippen molar-refractivity contribution in [1.82, 2.24) is 0 Å². The first-order valence-corrected chi connectivity index (χ1v) is 9.76. The van der Waals surface area contributed by atoms with Crippen LogP contribution in [0.4, 0.5) is 5.69 Å². The van der Waals surface area contributed by atoms with Crippen molar-refractivity contribution in [2.24, 2.45) is 0 Å². The van der Waals surface area contributed by atoms with E-state index in [1.54, 1.807) is 12.1 Å². The summed E-state index contributed by atoms with van der Waals surface area (Å²) in [6, 6.07) is 14.9. The Morgan fingerprint density at radius 3 is 2.33 bits per heavy atom. The molecule has 5 heteroatoms. The van der Waals surface area contributed by atoms with Gasteiger partial charge in [0.25, 0.3) is 0 Å². The molecule has 0 aliphatic rings. The molecule has 0 bridgehead atoms. The Bertz CT molecular complexity index is 814. The van der Waals surface area contributed by atoms with Crippen molar-refractivity contribution in [3.05, 3.63) is 65.2 Å². The van der Waals surface area contributed by atoms with Gasteiger partial charge in [-0.05, 0) is 44.0 Å². The third kappa shape index (κ3) is 4.68. The minimum Gasteiger partial charge on any atom is -0.312 e. The highest BCUT2D eigenvalue weighted by Crippen LogP contribution is 2.17. The third-order valence-electron chi connectivity index (χ3n) is 3.91. The average molecular weight is 345 g/mol. The first kappa shape index (κ1) is 18.2. The maximum Gasteiger partial charge on any atom is 0.242 e. The van der Waals surface area contributed by atoms with Gasteiger partial charge < -0.3 is 4.90 Å². The van der Waals surface area contributed by atoms with E-state index < -0.39 is 21.5 Å². The van der Waals surface area contributed by atoms with Gasteiger partial charge in [-0.25, -0.2) is 8.42 Å². The van der Waals surface area contributed by atoms with Gasteiger partial charge >= 0.3 is 0 Å². The second-order valence-corrected chi connectivity index (χ2v) is 8.00. The van der Waals surface area contributed by atoms with Crippen molar-refractivity contribution in [3.8, 4) is 0 Å². The lowest BCUT2D eigenvalue weighted by Crippen LogP contribution is -2.36. The standard InChI is InChI=1S/C19H23NO3S/c1-4-20(18-8-6-5-7-9-18)19(21)14-24(22,23)13-17-12-15(2)10-11-16(17)3/h5-12H,4,13-14H2,1-3H3. The highest BCUT2D eigenvalue weighted by Gasteiger charge is 2.23. The number of anilines is 1. The number of hydrogen-bond donors (Lipinski definition) is 0. The number of nitrogens with zero attached hydrogens (tertiary/aromatic N) is 1. The molecule has 2 rings (SSSR count). The van der Waals surface area contributed by atoms with E-state index in [4.69, 9.17) is 0 Å². The third-order valence-corrected chi connectivity index (χ3v) is 5.35. The molecule has 0 radical (unpaired) electrons. The fraction of sp³-hybridized carbons (Fsp3) is 0.316. The summed E-state index contributed by atoms with van der Waals surface area (Å²) < 4.78 is 25.0. The SMILES string of the molecule is CCN(C(=O)CS(=O)(=O)Cc1cc(C)ccc1C)c1ccccc1. The molecule has 0 saturated carbocycles. The number of para-hydroxylation sites is 1. The van der Waals surface area contributed by atoms with Gasteiger partial charge in [0.2, 0.25) is 5.91 Å². The van der Waals surface area contributed by atoms with Crippen LogP contribution in [0, 0.1) is 13.8 Å². The molecule has 4 nitrogen and oxygen atoms in total. The Hall–Kier alpha value is -2.14. The number of carbonyl (C=O) groups excluding carboxylic acids is 1. The van der Waals surface area contributed by atoms with E-state index in [0.29, 0.717) is 12.2 Å². The fourth-order valence-electron chi connectivity index (χ4n) is 2.62. The van der Waals surface area contributed by atoms with Crippen LogP contribution in [0.1, 0.15) is 23.6 Å². The largest absolute Gasteiger partial charge is 0.312 e. The van der Waals surface area contributed by atoms with Gasteiger partial charge in [0.15, 0.2) is 9.84 Å². The molecule has 0 N–H and O–H groups in total. The lowest BCUT2D eigenvalue weighted by atomic mass is 10.1. The van der Waals surface area contributed by atoms with Crippen molar-refractivity contribution < 1.29 is 13.2 Å². The van der Waals surface area contributed by atoms with E-state index in [-0.39, 0.29) is 5.75 Å². The molecule has 2 aromatic carbocycles. The smallest absolute Gasteiger partial charge is 0.242 e. The van der Waals surface area contributed by atoms with E-state index in [1.165, 1.54) is 4.90 Å². The molecule has 0 fully saturated rings. The van der Waals surface area contributed by atoms with Gasteiger partial charge in [-0.2, -0.15) is 0 Å². The maximum atomic E-state index is 12.5. The molecule has 0 aromatic heterocycles. The normalized spacial score (nSPS) is 11.3. The molecule has 0 aliphatic carbocycles. The summed E-state index contributed by atoms with van der Waals surface area (Å²) >= 11 is 0. The number of amides is 1. The maximum absolute atomic E-state index is 12.5. The molecule has 0 unspecified atom stereocenters. The lowest BCUT2D eigenvalue weighted by molar-refractivity contribution is -0.116. The molecular weight excluding hydrogens is 322 g/mol. The van der Waals surface area contributed by atoms with E-state index in [1.807, 2.05) is 57.2 Å². The first-order valence-electron chi connectivity index (χ1n) is 7.94. The molecule has 0 heterocycles. The van der Waals surface area contributed by atoms with Crippen molar-refractivity contribution in [3.63, 3.8) is 0 Å². The molecule has 0 aliphatic heterocycles. The predicted molar refractivity (Wildman–Crippen MR) is 97.9 cm³/mol. The minimum absolute atomic E-state index is 0.113. The monoisotopic (exact) mass is 345 g/mol. The van der Waals surface area contributed by atoms with Gasteiger partial charge in [-0.15, -0.1) is 0 Å². The highest BCUT2D eigenvalue weighted by atomic mass is 32.2. The van der Waals surface area contributed by atoms with Crippen LogP contribution in [-0.4, -0.2) is 26.6 Å². The summed E-state index contributed by atoms with van der Waals surface area (Å²) in [6.07, 6.45) is 0. The number of hydrogen-bond acceptors (Lipinski definition) is 3. The van der Waals surface area contributed by atoms with Gasteiger partial charge in [-0.3, -0.25) is 4.79 Å². The summed E-state index contributed by atoms with van der Waals surface area (Å²) in [5.74, 6) is -0.990. The Kier molecular flexibility index (Phi) is 5.78. The van der Waals surface area contributed by atoms with Gasteiger partial charge in [0.1, 0.15) is 5.75 Å². The Morgan fingerprint density at radius 2 is 1.71 bits per heavy atom. The van der Waals surface area contributed by atoms with Gasteiger partial charge in [0.05, 0.1) is 5.75 Å². The van der Waals surface area contributed by atoms with Gasteiger partial charge in [0, 0.05) is 12.2 Å². The van der Waals surface area contributed by atoms with Crippen LogP contribution < -0.4 is 4.90 Å². The Labute approximate surface area is 144 Å². The summed E-state index contributed by atoms with van der Waals surface area (Å²) in [5, 5.41) is 0. The number of aryl methyl sites for hydroxylation is 2. The van der Waals surface area contributed by atoms with E-state index in [9.17, 15) is 13.2 Å². The van der Waals surface area contributed by atoms with E-state index >= 15 is 0 Å². The van der Waals surface area contributed by atoms with Crippen molar-refractivity contribution in [2.75, 3.05) is 17.2 Å². The van der Waals surface area contributed by atoms with Gasteiger partial charge in [-0.1, -0.05) is 42.0 Å². The van der Waals surface area contributed by atoms with Crippen molar-refractivity contribution in [2.45, 2.75) is 26.5 Å². The lowest BCUT2D eigenvalue weighted by Gasteiger charge is -2.21. The first-order chi connectivity index (χ1) is 11.3. The predicted octanol–water partition coefficient (Wildman–Crippen LogP) is 3.27. The Balaban J connectivity index is 2.16. The Morgan fingerprint density at radius 1 is 1.04 bits per heavy atom. The zero-order valence-corrected chi connectivity index (χ0v) is 15.1. The second kappa shape index (κ2) is 7.62. The minimum atomic E-state index is -3.53. The van der Waals surface area contributed by atoms with Crippen LogP contribution >= 0.6 is 0 Å². The summed E-state index contributed by atoms with van der Waals surface area (Å²) in [5.41, 5.74) is 3.40. The quantitative estimate of drug-likeness (QED) is 0.807. The number of benzene rings is 2. The number of sulfone groups is 1. The fourth-order valence-corrected chi connectivity index (χ4v) is 4.04. The zero-order chi connectivity index (χ0) is 17.7. The van der Waals surface area contributed by atoms with Crippen LogP contribution in [0.3, 0.4) is 0 Å². The topological polar surface area (TPSA) is 54.5 Å². The summed E-state index contributed by atoms with van der Waals surface area (Å²) in [6.45, 7) is 6.08. The number of carbonyl (C=O) groups is 1. The van der Waals surface area contributed by atoms with Crippen LogP contribution in [0.15, 0.2) is 48.5 Å². The van der Waals surface area contributed by atoms with Crippen LogP contribution in [0.2, 0.25) is 0 Å². The molecule has 1 amide bonds. The molecule has 0 atom stereocenters. The van der Waals surface area contributed by atoms with Crippen LogP contribution in [-0.2, 0) is 20.4 Å². The molecular formula is C19H23NO3S.